The van der Waals surface area contributed by atoms with Gasteiger partial charge in [0.15, 0.2) is 0 Å². The van der Waals surface area contributed by atoms with E-state index in [1.807, 2.05) is 0 Å². The number of carbonyl (C=O) groups is 3. The van der Waals surface area contributed by atoms with Gasteiger partial charge in [-0.2, -0.15) is 0 Å². The van der Waals surface area contributed by atoms with Crippen molar-refractivity contribution in [3.05, 3.63) is 0 Å². The van der Waals surface area contributed by atoms with Crippen molar-refractivity contribution >= 4 is 17.8 Å². The predicted octanol–water partition coefficient (Wildman–Crippen LogP) is -0.0217. The summed E-state index contributed by atoms with van der Waals surface area (Å²) in [5.41, 5.74) is 0. The van der Waals surface area contributed by atoms with Crippen LogP contribution in [0.25, 0.3) is 0 Å². The van der Waals surface area contributed by atoms with Crippen LogP contribution >= 0.6 is 0 Å². The highest BCUT2D eigenvalue weighted by atomic mass is 16.4. The van der Waals surface area contributed by atoms with Crippen molar-refractivity contribution in [2.75, 3.05) is 13.1 Å². The fourth-order valence-electron chi connectivity index (χ4n) is 1.60. The van der Waals surface area contributed by atoms with Crippen molar-refractivity contribution in [1.29, 1.82) is 0 Å². The lowest BCUT2D eigenvalue weighted by molar-refractivity contribution is -0.138. The molecule has 0 bridgehead atoms. The molecule has 6 nitrogen and oxygen atoms in total. The number of hydrogen-bond acceptors (Lipinski definition) is 3. The highest BCUT2D eigenvalue weighted by Gasteiger charge is 2.32. The minimum absolute atomic E-state index is 0.0254. The lowest BCUT2D eigenvalue weighted by Gasteiger charge is -2.21. The zero-order valence-corrected chi connectivity index (χ0v) is 9.94. The molecule has 17 heavy (non-hydrogen) atoms. The third-order valence-corrected chi connectivity index (χ3v) is 2.59. The molecule has 0 aliphatic heterocycles. The van der Waals surface area contributed by atoms with E-state index < -0.39 is 5.97 Å². The Morgan fingerprint density at radius 3 is 2.41 bits per heavy atom. The van der Waals surface area contributed by atoms with E-state index in [-0.39, 0.29) is 37.2 Å². The maximum atomic E-state index is 11.8. The van der Waals surface area contributed by atoms with Crippen molar-refractivity contribution in [2.45, 2.75) is 38.6 Å². The van der Waals surface area contributed by atoms with Gasteiger partial charge in [0, 0.05) is 32.5 Å². The second-order valence-electron chi connectivity index (χ2n) is 4.20. The Kier molecular flexibility index (Phi) is 4.93. The smallest absolute Gasteiger partial charge is 0.305 e. The van der Waals surface area contributed by atoms with Crippen LogP contribution in [0.1, 0.15) is 32.6 Å². The fraction of sp³-hybridized carbons (Fsp3) is 0.727. The number of nitrogens with zero attached hydrogens (tertiary/aromatic N) is 1. The third kappa shape index (κ3) is 5.33. The molecule has 2 N–H and O–H groups in total. The molecule has 0 unspecified atom stereocenters. The summed E-state index contributed by atoms with van der Waals surface area (Å²) in [5.74, 6) is -1.14. The van der Waals surface area contributed by atoms with E-state index in [0.29, 0.717) is 6.54 Å². The van der Waals surface area contributed by atoms with Gasteiger partial charge in [0.1, 0.15) is 0 Å². The maximum absolute atomic E-state index is 11.8. The Bertz CT molecular complexity index is 313. The van der Waals surface area contributed by atoms with Crippen molar-refractivity contribution in [2.24, 2.45) is 0 Å². The molecule has 0 saturated heterocycles. The summed E-state index contributed by atoms with van der Waals surface area (Å²) in [4.78, 5) is 34.5. The Labute approximate surface area is 100.0 Å². The Morgan fingerprint density at radius 2 is 1.94 bits per heavy atom. The molecule has 0 radical (unpaired) electrons. The van der Waals surface area contributed by atoms with E-state index >= 15 is 0 Å². The summed E-state index contributed by atoms with van der Waals surface area (Å²) in [6.07, 6.45) is 2.11. The average molecular weight is 242 g/mol. The van der Waals surface area contributed by atoms with E-state index in [1.54, 1.807) is 4.90 Å². The highest BCUT2D eigenvalue weighted by molar-refractivity contribution is 5.79. The van der Waals surface area contributed by atoms with Gasteiger partial charge in [-0.25, -0.2) is 0 Å². The van der Waals surface area contributed by atoms with E-state index in [2.05, 4.69) is 5.32 Å². The van der Waals surface area contributed by atoms with Gasteiger partial charge in [-0.15, -0.1) is 0 Å². The Hall–Kier alpha value is -1.59. The minimum atomic E-state index is -0.898. The second kappa shape index (κ2) is 6.22. The molecule has 0 atom stereocenters. The van der Waals surface area contributed by atoms with Gasteiger partial charge in [-0.05, 0) is 12.8 Å². The molecule has 1 aliphatic rings. The van der Waals surface area contributed by atoms with Crippen LogP contribution in [0.3, 0.4) is 0 Å². The maximum Gasteiger partial charge on any atom is 0.305 e. The summed E-state index contributed by atoms with van der Waals surface area (Å²) in [6.45, 7) is 1.97. The molecule has 1 fully saturated rings. The van der Waals surface area contributed by atoms with Crippen LogP contribution in [0.2, 0.25) is 0 Å². The number of rotatable bonds is 7. The first-order valence-electron chi connectivity index (χ1n) is 5.76. The number of hydrogen-bond donors (Lipinski definition) is 2. The molecule has 6 heteroatoms. The standard InChI is InChI=1S/C11H18N2O4/c1-8(14)12-6-4-10(15)13(9-2-3-9)7-5-11(16)17/h9H,2-7H2,1H3,(H,12,14)(H,16,17). The van der Waals surface area contributed by atoms with Crippen LogP contribution in [0, 0.1) is 0 Å². The van der Waals surface area contributed by atoms with Gasteiger partial charge in [0.2, 0.25) is 11.8 Å². The molecule has 0 spiro atoms. The van der Waals surface area contributed by atoms with Gasteiger partial charge in [0.05, 0.1) is 6.42 Å². The molecule has 1 saturated carbocycles. The van der Waals surface area contributed by atoms with Crippen LogP contribution in [-0.2, 0) is 14.4 Å². The van der Waals surface area contributed by atoms with Gasteiger partial charge in [-0.3, -0.25) is 14.4 Å². The lowest BCUT2D eigenvalue weighted by Crippen LogP contribution is -2.37. The van der Waals surface area contributed by atoms with E-state index in [4.69, 9.17) is 5.11 Å². The molecule has 1 rings (SSSR count). The largest absolute Gasteiger partial charge is 0.481 e. The summed E-state index contributed by atoms with van der Waals surface area (Å²) < 4.78 is 0. The van der Waals surface area contributed by atoms with Crippen LogP contribution < -0.4 is 5.32 Å². The van der Waals surface area contributed by atoms with Crippen molar-refractivity contribution in [3.63, 3.8) is 0 Å². The normalized spacial score (nSPS) is 14.2. The second-order valence-corrected chi connectivity index (χ2v) is 4.20. The molecule has 96 valence electrons. The highest BCUT2D eigenvalue weighted by Crippen LogP contribution is 2.27. The summed E-state index contributed by atoms with van der Waals surface area (Å²) in [6, 6.07) is 0.208. The number of carboxylic acid groups (broad SMARTS) is 1. The number of amides is 2. The molecule has 0 aromatic carbocycles. The van der Waals surface area contributed by atoms with E-state index in [1.165, 1.54) is 6.92 Å². The Morgan fingerprint density at radius 1 is 1.29 bits per heavy atom. The molecule has 2 amide bonds. The minimum Gasteiger partial charge on any atom is -0.481 e. The fourth-order valence-corrected chi connectivity index (χ4v) is 1.60. The topological polar surface area (TPSA) is 86.7 Å². The molecule has 0 heterocycles. The number of carboxylic acids is 1. The molecular weight excluding hydrogens is 224 g/mol. The lowest BCUT2D eigenvalue weighted by atomic mass is 10.3. The van der Waals surface area contributed by atoms with Crippen molar-refractivity contribution in [3.8, 4) is 0 Å². The van der Waals surface area contributed by atoms with E-state index in [9.17, 15) is 14.4 Å². The van der Waals surface area contributed by atoms with Crippen LogP contribution in [0.4, 0.5) is 0 Å². The van der Waals surface area contributed by atoms with Gasteiger partial charge in [0.25, 0.3) is 0 Å². The number of nitrogens with one attached hydrogen (secondary N) is 1. The zero-order valence-electron chi connectivity index (χ0n) is 9.94. The number of carbonyl (C=O) groups excluding carboxylic acids is 2. The Balaban J connectivity index is 2.32. The predicted molar refractivity (Wildman–Crippen MR) is 60.3 cm³/mol. The quantitative estimate of drug-likeness (QED) is 0.656. The zero-order chi connectivity index (χ0) is 12.8. The van der Waals surface area contributed by atoms with Crippen molar-refractivity contribution in [1.82, 2.24) is 10.2 Å². The van der Waals surface area contributed by atoms with Crippen LogP contribution in [-0.4, -0.2) is 46.9 Å². The SMILES string of the molecule is CC(=O)NCCC(=O)N(CCC(=O)O)C1CC1. The molecule has 0 aromatic rings. The first-order chi connectivity index (χ1) is 8.00. The van der Waals surface area contributed by atoms with Crippen LogP contribution in [0.5, 0.6) is 0 Å². The van der Waals surface area contributed by atoms with E-state index in [0.717, 1.165) is 12.8 Å². The summed E-state index contributed by atoms with van der Waals surface area (Å²) in [7, 11) is 0. The average Bonchev–Trinajstić information content (AvgIpc) is 3.01. The van der Waals surface area contributed by atoms with Gasteiger partial charge < -0.3 is 15.3 Å². The summed E-state index contributed by atoms with van der Waals surface area (Å²) >= 11 is 0. The van der Waals surface area contributed by atoms with Gasteiger partial charge in [-0.1, -0.05) is 0 Å². The van der Waals surface area contributed by atoms with Crippen molar-refractivity contribution < 1.29 is 19.5 Å². The first kappa shape index (κ1) is 13.5. The summed E-state index contributed by atoms with van der Waals surface area (Å²) in [5, 5.41) is 11.2. The van der Waals surface area contributed by atoms with Gasteiger partial charge >= 0.3 is 5.97 Å². The molecule has 0 aromatic heterocycles. The van der Waals surface area contributed by atoms with Crippen LogP contribution in [0.15, 0.2) is 0 Å². The monoisotopic (exact) mass is 242 g/mol. The molecule has 1 aliphatic carbocycles. The number of aliphatic carboxylic acids is 1. The first-order valence-corrected chi connectivity index (χ1v) is 5.76. The third-order valence-electron chi connectivity index (χ3n) is 2.59. The molecular formula is C11H18N2O4.